The van der Waals surface area contributed by atoms with E-state index in [1.807, 2.05) is 13.8 Å². The van der Waals surface area contributed by atoms with E-state index in [1.165, 1.54) is 4.90 Å². The average molecular weight is 274 g/mol. The summed E-state index contributed by atoms with van der Waals surface area (Å²) in [6.07, 6.45) is 0. The molecule has 0 radical (unpaired) electrons. The summed E-state index contributed by atoms with van der Waals surface area (Å²) < 4.78 is 10.2. The number of carbonyl (C=O) groups excluding carboxylic acids is 1. The predicted octanol–water partition coefficient (Wildman–Crippen LogP) is 0.249. The molecule has 1 rings (SSSR count). The quantitative estimate of drug-likeness (QED) is 0.777. The number of hydrogen-bond acceptors (Lipinski definition) is 4. The number of rotatable bonds is 5. The molecule has 0 spiro atoms. The van der Waals surface area contributed by atoms with Crippen molar-refractivity contribution in [1.82, 2.24) is 9.80 Å². The highest BCUT2D eigenvalue weighted by Gasteiger charge is 2.35. The van der Waals surface area contributed by atoms with Crippen molar-refractivity contribution in [1.29, 1.82) is 0 Å². The molecule has 0 aromatic carbocycles. The van der Waals surface area contributed by atoms with Crippen LogP contribution < -0.4 is 0 Å². The fraction of sp³-hybridized carbons (Fsp3) is 0.833. The minimum Gasteiger partial charge on any atom is -0.480 e. The van der Waals surface area contributed by atoms with E-state index >= 15 is 0 Å². The molecule has 2 atom stereocenters. The van der Waals surface area contributed by atoms with Gasteiger partial charge in [-0.25, -0.2) is 9.59 Å². The zero-order valence-electron chi connectivity index (χ0n) is 11.7. The van der Waals surface area contributed by atoms with E-state index in [1.54, 1.807) is 12.0 Å². The number of methoxy groups -OCH3 is 1. The highest BCUT2D eigenvalue weighted by atomic mass is 16.5. The predicted molar refractivity (Wildman–Crippen MR) is 68.1 cm³/mol. The maximum absolute atomic E-state index is 12.4. The van der Waals surface area contributed by atoms with E-state index in [-0.39, 0.29) is 18.7 Å². The third-order valence-corrected chi connectivity index (χ3v) is 3.19. The number of nitrogens with zero attached hydrogens (tertiary/aromatic N) is 2. The van der Waals surface area contributed by atoms with Crippen LogP contribution in [0.5, 0.6) is 0 Å². The third-order valence-electron chi connectivity index (χ3n) is 3.19. The summed E-state index contributed by atoms with van der Waals surface area (Å²) in [7, 11) is 1.57. The molecule has 2 amide bonds. The van der Waals surface area contributed by atoms with Crippen molar-refractivity contribution in [2.45, 2.75) is 25.9 Å². The molecule has 1 saturated heterocycles. The van der Waals surface area contributed by atoms with Crippen molar-refractivity contribution in [3.8, 4) is 0 Å². The van der Waals surface area contributed by atoms with Gasteiger partial charge in [0.05, 0.1) is 25.9 Å². The lowest BCUT2D eigenvalue weighted by Gasteiger charge is -2.38. The topological polar surface area (TPSA) is 79.3 Å². The van der Waals surface area contributed by atoms with Gasteiger partial charge in [-0.05, 0) is 13.8 Å². The van der Waals surface area contributed by atoms with Gasteiger partial charge in [-0.3, -0.25) is 0 Å². The zero-order valence-corrected chi connectivity index (χ0v) is 11.7. The van der Waals surface area contributed by atoms with Gasteiger partial charge in [0.15, 0.2) is 6.04 Å². The molecule has 0 aliphatic carbocycles. The maximum atomic E-state index is 12.4. The minimum absolute atomic E-state index is 0.0390. The molecule has 1 aliphatic rings. The first-order valence-corrected chi connectivity index (χ1v) is 6.39. The smallest absolute Gasteiger partial charge is 0.328 e. The van der Waals surface area contributed by atoms with Crippen molar-refractivity contribution >= 4 is 12.0 Å². The lowest BCUT2D eigenvalue weighted by Crippen LogP contribution is -2.58. The molecule has 0 aromatic rings. The summed E-state index contributed by atoms with van der Waals surface area (Å²) in [6, 6.07) is -1.28. The molecule has 1 N–H and O–H groups in total. The Morgan fingerprint density at radius 2 is 2.26 bits per heavy atom. The summed E-state index contributed by atoms with van der Waals surface area (Å²) >= 11 is 0. The Balaban J connectivity index is 2.79. The van der Waals surface area contributed by atoms with Crippen LogP contribution in [0.25, 0.3) is 0 Å². The Kier molecular flexibility index (Phi) is 6.04. The number of carboxylic acid groups (broad SMARTS) is 1. The number of ether oxygens (including phenoxy) is 2. The Morgan fingerprint density at radius 1 is 1.58 bits per heavy atom. The lowest BCUT2D eigenvalue weighted by molar-refractivity contribution is -0.147. The second-order valence-corrected chi connectivity index (χ2v) is 4.50. The van der Waals surface area contributed by atoms with E-state index < -0.39 is 12.0 Å². The van der Waals surface area contributed by atoms with Gasteiger partial charge in [0, 0.05) is 20.2 Å². The Bertz CT molecular complexity index is 323. The van der Waals surface area contributed by atoms with Crippen molar-refractivity contribution in [2.75, 3.05) is 40.0 Å². The van der Waals surface area contributed by atoms with Gasteiger partial charge in [-0.1, -0.05) is 0 Å². The van der Waals surface area contributed by atoms with Crippen molar-refractivity contribution in [3.63, 3.8) is 0 Å². The number of hydrogen-bond donors (Lipinski definition) is 1. The molecule has 0 saturated carbocycles. The number of aliphatic carboxylic acids is 1. The molecule has 7 nitrogen and oxygen atoms in total. The molecule has 1 heterocycles. The molecule has 1 fully saturated rings. The van der Waals surface area contributed by atoms with Gasteiger partial charge in [0.1, 0.15) is 0 Å². The third kappa shape index (κ3) is 3.81. The second-order valence-electron chi connectivity index (χ2n) is 4.50. The molecule has 0 bridgehead atoms. The molecular weight excluding hydrogens is 252 g/mol. The maximum Gasteiger partial charge on any atom is 0.328 e. The number of urea groups is 1. The van der Waals surface area contributed by atoms with Crippen LogP contribution in [0.1, 0.15) is 13.8 Å². The Labute approximate surface area is 113 Å². The SMILES string of the molecule is CCN(C(=O)N1CCOCC1C(=O)O)C(C)COC. The number of likely N-dealkylation sites (N-methyl/N-ethyl adjacent to an activating group) is 1. The van der Waals surface area contributed by atoms with E-state index in [0.717, 1.165) is 0 Å². The van der Waals surface area contributed by atoms with E-state index in [4.69, 9.17) is 14.6 Å². The van der Waals surface area contributed by atoms with Crippen LogP contribution in [-0.4, -0.2) is 79.0 Å². The van der Waals surface area contributed by atoms with Crippen LogP contribution in [0, 0.1) is 0 Å². The zero-order chi connectivity index (χ0) is 14.4. The molecule has 0 aromatic heterocycles. The van der Waals surface area contributed by atoms with Crippen LogP contribution in [0.2, 0.25) is 0 Å². The minimum atomic E-state index is -1.04. The van der Waals surface area contributed by atoms with E-state index in [9.17, 15) is 9.59 Å². The second kappa shape index (κ2) is 7.30. The van der Waals surface area contributed by atoms with Gasteiger partial charge in [-0.15, -0.1) is 0 Å². The molecule has 1 aliphatic heterocycles. The highest BCUT2D eigenvalue weighted by Crippen LogP contribution is 2.13. The number of amides is 2. The van der Waals surface area contributed by atoms with Gasteiger partial charge in [-0.2, -0.15) is 0 Å². The Morgan fingerprint density at radius 3 is 2.79 bits per heavy atom. The fourth-order valence-electron chi connectivity index (χ4n) is 2.17. The van der Waals surface area contributed by atoms with Crippen molar-refractivity contribution in [2.24, 2.45) is 0 Å². The highest BCUT2D eigenvalue weighted by molar-refractivity contribution is 5.83. The van der Waals surface area contributed by atoms with Gasteiger partial charge < -0.3 is 24.4 Å². The largest absolute Gasteiger partial charge is 0.480 e. The first-order chi connectivity index (χ1) is 9.02. The van der Waals surface area contributed by atoms with Crippen LogP contribution in [0.3, 0.4) is 0 Å². The first kappa shape index (κ1) is 15.7. The molecule has 110 valence electrons. The molecule has 19 heavy (non-hydrogen) atoms. The van der Waals surface area contributed by atoms with Crippen molar-refractivity contribution < 1.29 is 24.2 Å². The standard InChI is InChI=1S/C12H22N2O5/c1-4-13(9(2)7-18-3)12(17)14-5-6-19-8-10(14)11(15)16/h9-10H,4-8H2,1-3H3,(H,15,16). The van der Waals surface area contributed by atoms with Gasteiger partial charge >= 0.3 is 12.0 Å². The summed E-state index contributed by atoms with van der Waals surface area (Å²) in [5, 5.41) is 9.14. The normalized spacial score (nSPS) is 21.0. The van der Waals surface area contributed by atoms with Crippen LogP contribution >= 0.6 is 0 Å². The number of carboxylic acids is 1. The number of morpholine rings is 1. The lowest BCUT2D eigenvalue weighted by atomic mass is 10.2. The van der Waals surface area contributed by atoms with Crippen molar-refractivity contribution in [3.05, 3.63) is 0 Å². The fourth-order valence-corrected chi connectivity index (χ4v) is 2.17. The van der Waals surface area contributed by atoms with Gasteiger partial charge in [0.2, 0.25) is 0 Å². The molecule has 7 heteroatoms. The van der Waals surface area contributed by atoms with Crippen LogP contribution in [0.15, 0.2) is 0 Å². The van der Waals surface area contributed by atoms with E-state index in [0.29, 0.717) is 26.3 Å². The monoisotopic (exact) mass is 274 g/mol. The molecular formula is C12H22N2O5. The molecule has 2 unspecified atom stereocenters. The first-order valence-electron chi connectivity index (χ1n) is 6.39. The van der Waals surface area contributed by atoms with E-state index in [2.05, 4.69) is 0 Å². The van der Waals surface area contributed by atoms with Crippen LogP contribution in [-0.2, 0) is 14.3 Å². The summed E-state index contributed by atoms with van der Waals surface area (Å²) in [4.78, 5) is 26.6. The number of carbonyl (C=O) groups is 2. The van der Waals surface area contributed by atoms with Gasteiger partial charge in [0.25, 0.3) is 0 Å². The Hall–Kier alpha value is -1.34. The average Bonchev–Trinajstić information content (AvgIpc) is 2.39. The summed E-state index contributed by atoms with van der Waals surface area (Å²) in [5.74, 6) is -1.04. The van der Waals surface area contributed by atoms with Crippen LogP contribution in [0.4, 0.5) is 4.79 Å². The summed E-state index contributed by atoms with van der Waals surface area (Å²) in [6.45, 7) is 5.37. The summed E-state index contributed by atoms with van der Waals surface area (Å²) in [5.41, 5.74) is 0.